The molecule has 0 spiro atoms. The highest BCUT2D eigenvalue weighted by atomic mass is 35.5. The summed E-state index contributed by atoms with van der Waals surface area (Å²) in [6, 6.07) is 20.4. The summed E-state index contributed by atoms with van der Waals surface area (Å²) in [5.74, 6) is -0.562. The predicted octanol–water partition coefficient (Wildman–Crippen LogP) is 5.13. The molecule has 0 unspecified atom stereocenters. The maximum atomic E-state index is 14.0. The molecule has 4 nitrogen and oxygen atoms in total. The molecule has 0 bridgehead atoms. The summed E-state index contributed by atoms with van der Waals surface area (Å²) in [6.07, 6.45) is 1.46. The topological polar surface area (TPSA) is 49.4 Å². The molecule has 0 saturated carbocycles. The molecule has 4 rings (SSSR count). The van der Waals surface area contributed by atoms with Crippen molar-refractivity contribution in [1.29, 1.82) is 0 Å². The van der Waals surface area contributed by atoms with E-state index in [1.807, 2.05) is 53.4 Å². The lowest BCUT2D eigenvalue weighted by molar-refractivity contribution is -0.128. The summed E-state index contributed by atoms with van der Waals surface area (Å²) in [7, 11) is 0. The van der Waals surface area contributed by atoms with Crippen molar-refractivity contribution >= 4 is 23.4 Å². The first kappa shape index (κ1) is 22.0. The van der Waals surface area contributed by atoms with E-state index >= 15 is 0 Å². The Morgan fingerprint density at radius 2 is 1.81 bits per heavy atom. The van der Waals surface area contributed by atoms with E-state index in [-0.39, 0.29) is 28.8 Å². The van der Waals surface area contributed by atoms with Gasteiger partial charge in [0.15, 0.2) is 0 Å². The van der Waals surface area contributed by atoms with Gasteiger partial charge in [-0.1, -0.05) is 66.2 Å². The molecule has 0 atom stereocenters. The zero-order valence-electron chi connectivity index (χ0n) is 17.6. The standard InChI is InChI=1S/C26H24ClFN2O2/c27-23-7-3-8-24(28)22(23)15-25(31)29-16-20-5-1-2-6-21(20)19-12-10-18(11-13-19)17-30-14-4-9-26(30)32/h1-3,5-8,10-13H,4,9,14-17H2,(H,29,31). The van der Waals surface area contributed by atoms with Gasteiger partial charge in [-0.05, 0) is 40.8 Å². The van der Waals surface area contributed by atoms with Crippen molar-refractivity contribution < 1.29 is 14.0 Å². The highest BCUT2D eigenvalue weighted by Gasteiger charge is 2.20. The lowest BCUT2D eigenvalue weighted by Crippen LogP contribution is -2.25. The Bertz CT molecular complexity index is 1110. The van der Waals surface area contributed by atoms with E-state index in [0.717, 1.165) is 35.2 Å². The van der Waals surface area contributed by atoms with E-state index in [1.54, 1.807) is 6.07 Å². The molecule has 0 aromatic heterocycles. The van der Waals surface area contributed by atoms with Gasteiger partial charge in [-0.3, -0.25) is 9.59 Å². The van der Waals surface area contributed by atoms with E-state index in [1.165, 1.54) is 12.1 Å². The van der Waals surface area contributed by atoms with Gasteiger partial charge < -0.3 is 10.2 Å². The third-order valence-corrected chi connectivity index (χ3v) is 6.06. The second kappa shape index (κ2) is 9.96. The molecule has 1 aliphatic heterocycles. The molecule has 3 aromatic carbocycles. The van der Waals surface area contributed by atoms with Crippen LogP contribution >= 0.6 is 11.6 Å². The Morgan fingerprint density at radius 3 is 2.53 bits per heavy atom. The third-order valence-electron chi connectivity index (χ3n) is 5.70. The van der Waals surface area contributed by atoms with Crippen LogP contribution in [0.2, 0.25) is 5.02 Å². The average Bonchev–Trinajstić information content (AvgIpc) is 3.20. The molecule has 1 saturated heterocycles. The van der Waals surface area contributed by atoms with Crippen molar-refractivity contribution in [1.82, 2.24) is 10.2 Å². The van der Waals surface area contributed by atoms with Crippen molar-refractivity contribution in [2.75, 3.05) is 6.54 Å². The molecule has 1 heterocycles. The Morgan fingerprint density at radius 1 is 1.03 bits per heavy atom. The molecule has 32 heavy (non-hydrogen) atoms. The molecule has 1 N–H and O–H groups in total. The maximum Gasteiger partial charge on any atom is 0.224 e. The molecule has 0 radical (unpaired) electrons. The number of benzene rings is 3. The Labute approximate surface area is 192 Å². The molecule has 164 valence electrons. The van der Waals surface area contributed by atoms with Crippen LogP contribution in [-0.4, -0.2) is 23.3 Å². The maximum absolute atomic E-state index is 14.0. The van der Waals surface area contributed by atoms with Crippen molar-refractivity contribution in [3.8, 4) is 11.1 Å². The molecule has 1 fully saturated rings. The number of nitrogens with one attached hydrogen (secondary N) is 1. The van der Waals surface area contributed by atoms with Gasteiger partial charge in [0.1, 0.15) is 5.82 Å². The number of halogens is 2. The fourth-order valence-electron chi connectivity index (χ4n) is 3.96. The smallest absolute Gasteiger partial charge is 0.224 e. The third kappa shape index (κ3) is 5.17. The number of hydrogen-bond acceptors (Lipinski definition) is 2. The lowest BCUT2D eigenvalue weighted by Gasteiger charge is -2.16. The van der Waals surface area contributed by atoms with Crippen LogP contribution in [0.25, 0.3) is 11.1 Å². The minimum atomic E-state index is -0.483. The molecular formula is C26H24ClFN2O2. The van der Waals surface area contributed by atoms with Crippen LogP contribution < -0.4 is 5.32 Å². The molecule has 0 aliphatic carbocycles. The zero-order chi connectivity index (χ0) is 22.5. The van der Waals surface area contributed by atoms with Gasteiger partial charge in [0.05, 0.1) is 6.42 Å². The van der Waals surface area contributed by atoms with E-state index in [2.05, 4.69) is 5.32 Å². The number of carbonyl (C=O) groups excluding carboxylic acids is 2. The lowest BCUT2D eigenvalue weighted by atomic mass is 9.98. The van der Waals surface area contributed by atoms with Crippen molar-refractivity contribution in [2.45, 2.75) is 32.4 Å². The average molecular weight is 451 g/mol. The zero-order valence-corrected chi connectivity index (χ0v) is 18.4. The minimum absolute atomic E-state index is 0.114. The van der Waals surface area contributed by atoms with Gasteiger partial charge in [-0.2, -0.15) is 0 Å². The van der Waals surface area contributed by atoms with Gasteiger partial charge in [-0.15, -0.1) is 0 Å². The first-order chi connectivity index (χ1) is 15.5. The number of nitrogens with zero attached hydrogens (tertiary/aromatic N) is 1. The SMILES string of the molecule is O=C(Cc1c(F)cccc1Cl)NCc1ccccc1-c1ccc(CN2CCCC2=O)cc1. The normalized spacial score (nSPS) is 13.4. The fraction of sp³-hybridized carbons (Fsp3) is 0.231. The molecule has 2 amide bonds. The Kier molecular flexibility index (Phi) is 6.86. The summed E-state index contributed by atoms with van der Waals surface area (Å²) in [6.45, 7) is 1.78. The van der Waals surface area contributed by atoms with E-state index in [0.29, 0.717) is 19.5 Å². The van der Waals surface area contributed by atoms with Gasteiger partial charge >= 0.3 is 0 Å². The summed E-state index contributed by atoms with van der Waals surface area (Å²) >= 11 is 6.03. The number of hydrogen-bond donors (Lipinski definition) is 1. The highest BCUT2D eigenvalue weighted by Crippen LogP contribution is 2.25. The minimum Gasteiger partial charge on any atom is -0.352 e. The number of rotatable bonds is 7. The van der Waals surface area contributed by atoms with Crippen LogP contribution in [0.15, 0.2) is 66.7 Å². The molecule has 3 aromatic rings. The van der Waals surface area contributed by atoms with Crippen LogP contribution in [0, 0.1) is 5.82 Å². The number of amides is 2. The van der Waals surface area contributed by atoms with Gasteiger partial charge in [-0.25, -0.2) is 4.39 Å². The largest absolute Gasteiger partial charge is 0.352 e. The molecule has 1 aliphatic rings. The summed E-state index contributed by atoms with van der Waals surface area (Å²) in [5, 5.41) is 3.11. The second-order valence-electron chi connectivity index (χ2n) is 7.93. The summed E-state index contributed by atoms with van der Waals surface area (Å²) in [4.78, 5) is 26.1. The Hall–Kier alpha value is -3.18. The van der Waals surface area contributed by atoms with E-state index < -0.39 is 5.82 Å². The van der Waals surface area contributed by atoms with Crippen molar-refractivity contribution in [3.05, 3.63) is 94.3 Å². The van der Waals surface area contributed by atoms with E-state index in [9.17, 15) is 14.0 Å². The van der Waals surface area contributed by atoms with Gasteiger partial charge in [0.25, 0.3) is 0 Å². The van der Waals surface area contributed by atoms with Crippen LogP contribution in [0.1, 0.15) is 29.5 Å². The van der Waals surface area contributed by atoms with Gasteiger partial charge in [0, 0.05) is 36.6 Å². The van der Waals surface area contributed by atoms with E-state index in [4.69, 9.17) is 11.6 Å². The molecular weight excluding hydrogens is 427 g/mol. The van der Waals surface area contributed by atoms with Crippen molar-refractivity contribution in [2.24, 2.45) is 0 Å². The van der Waals surface area contributed by atoms with Crippen LogP contribution in [0.3, 0.4) is 0 Å². The Balaban J connectivity index is 1.42. The van der Waals surface area contributed by atoms with Crippen LogP contribution in [0.4, 0.5) is 4.39 Å². The predicted molar refractivity (Wildman–Crippen MR) is 123 cm³/mol. The van der Waals surface area contributed by atoms with Crippen molar-refractivity contribution in [3.63, 3.8) is 0 Å². The first-order valence-electron chi connectivity index (χ1n) is 10.7. The number of carbonyl (C=O) groups is 2. The summed E-state index contributed by atoms with van der Waals surface area (Å²) in [5.41, 5.74) is 4.30. The highest BCUT2D eigenvalue weighted by molar-refractivity contribution is 6.31. The second-order valence-corrected chi connectivity index (χ2v) is 8.33. The monoisotopic (exact) mass is 450 g/mol. The first-order valence-corrected chi connectivity index (χ1v) is 11.0. The fourth-order valence-corrected chi connectivity index (χ4v) is 4.19. The van der Waals surface area contributed by atoms with Crippen LogP contribution in [0.5, 0.6) is 0 Å². The van der Waals surface area contributed by atoms with Crippen LogP contribution in [-0.2, 0) is 29.1 Å². The van der Waals surface area contributed by atoms with Gasteiger partial charge in [0.2, 0.25) is 11.8 Å². The molecule has 6 heteroatoms. The quantitative estimate of drug-likeness (QED) is 0.542. The summed E-state index contributed by atoms with van der Waals surface area (Å²) < 4.78 is 14.0. The number of likely N-dealkylation sites (tertiary alicyclic amines) is 1.